The topological polar surface area (TPSA) is 44.9 Å². The van der Waals surface area contributed by atoms with Gasteiger partial charge in [-0.3, -0.25) is 4.98 Å². The quantitative estimate of drug-likeness (QED) is 0.389. The Morgan fingerprint density at radius 2 is 1.84 bits per heavy atom. The fourth-order valence-corrected chi connectivity index (χ4v) is 3.87. The summed E-state index contributed by atoms with van der Waals surface area (Å²) < 4.78 is 23.0. The molecule has 0 bridgehead atoms. The molecule has 0 radical (unpaired) electrons. The number of ether oxygens (including phenoxy) is 1. The second-order valence-electron chi connectivity index (χ2n) is 7.47. The molecule has 154 valence electrons. The van der Waals surface area contributed by atoms with Gasteiger partial charge < -0.3 is 13.9 Å². The lowest BCUT2D eigenvalue weighted by Crippen LogP contribution is -1.98. The number of halogens is 1. The van der Waals surface area contributed by atoms with E-state index in [2.05, 4.69) is 20.6 Å². The van der Waals surface area contributed by atoms with Gasteiger partial charge in [0.05, 0.1) is 36.0 Å². The summed E-state index contributed by atoms with van der Waals surface area (Å²) in [5, 5.41) is 1.05. The zero-order chi connectivity index (χ0) is 21.4. The first kappa shape index (κ1) is 19.1. The van der Waals surface area contributed by atoms with Gasteiger partial charge in [0.1, 0.15) is 11.6 Å². The van der Waals surface area contributed by atoms with Crippen molar-refractivity contribution in [2.45, 2.75) is 13.5 Å². The van der Waals surface area contributed by atoms with Crippen molar-refractivity contribution >= 4 is 10.9 Å². The molecule has 3 heterocycles. The van der Waals surface area contributed by atoms with E-state index in [4.69, 9.17) is 4.74 Å². The van der Waals surface area contributed by atoms with E-state index < -0.39 is 0 Å². The molecular formula is C25H21FN4O. The molecule has 0 saturated carbocycles. The third kappa shape index (κ3) is 3.57. The maximum Gasteiger partial charge on any atom is 0.143 e. The van der Waals surface area contributed by atoms with E-state index in [0.29, 0.717) is 6.54 Å². The molecule has 0 amide bonds. The lowest BCUT2D eigenvalue weighted by Gasteiger charge is -2.12. The predicted octanol–water partition coefficient (Wildman–Crippen LogP) is 5.39. The largest absolute Gasteiger partial charge is 0.495 e. The van der Waals surface area contributed by atoms with Crippen LogP contribution in [0.2, 0.25) is 0 Å². The Hall–Kier alpha value is -3.93. The number of pyridine rings is 1. The van der Waals surface area contributed by atoms with E-state index in [0.717, 1.165) is 44.9 Å². The van der Waals surface area contributed by atoms with E-state index in [1.165, 1.54) is 12.1 Å². The van der Waals surface area contributed by atoms with Crippen LogP contribution in [0.25, 0.3) is 27.8 Å². The lowest BCUT2D eigenvalue weighted by molar-refractivity contribution is 0.413. The number of rotatable bonds is 5. The van der Waals surface area contributed by atoms with Gasteiger partial charge in [-0.2, -0.15) is 0 Å². The predicted molar refractivity (Wildman–Crippen MR) is 119 cm³/mol. The standard InChI is InChI=1S/C25H21FN4O/c1-17-14-30(16-28-17)23-8-5-19(13-24(23)31-2)25-21-10-12-29(22(21)9-11-27-25)15-18-3-6-20(26)7-4-18/h3-14,16H,15H2,1-2H3. The van der Waals surface area contributed by atoms with Crippen LogP contribution < -0.4 is 4.74 Å². The first-order chi connectivity index (χ1) is 15.1. The molecule has 6 heteroatoms. The highest BCUT2D eigenvalue weighted by atomic mass is 19.1. The minimum atomic E-state index is -0.226. The van der Waals surface area contributed by atoms with Gasteiger partial charge in [0.2, 0.25) is 0 Å². The summed E-state index contributed by atoms with van der Waals surface area (Å²) in [5.41, 5.74) is 5.85. The molecule has 3 aromatic heterocycles. The number of methoxy groups -OCH3 is 1. The van der Waals surface area contributed by atoms with Crippen LogP contribution in [0.5, 0.6) is 5.75 Å². The summed E-state index contributed by atoms with van der Waals surface area (Å²) in [6.07, 6.45) is 7.60. The number of aryl methyl sites for hydroxylation is 1. The summed E-state index contributed by atoms with van der Waals surface area (Å²) in [6.45, 7) is 2.62. The molecule has 5 nitrogen and oxygen atoms in total. The van der Waals surface area contributed by atoms with Gasteiger partial charge in [0.25, 0.3) is 0 Å². The summed E-state index contributed by atoms with van der Waals surface area (Å²) in [6, 6.07) is 16.7. The Morgan fingerprint density at radius 3 is 2.58 bits per heavy atom. The fraction of sp³-hybridized carbons (Fsp3) is 0.120. The maximum absolute atomic E-state index is 13.2. The number of hydrogen-bond acceptors (Lipinski definition) is 3. The third-order valence-electron chi connectivity index (χ3n) is 5.41. The van der Waals surface area contributed by atoms with Crippen LogP contribution in [-0.2, 0) is 6.54 Å². The van der Waals surface area contributed by atoms with Crippen molar-refractivity contribution in [3.63, 3.8) is 0 Å². The zero-order valence-electron chi connectivity index (χ0n) is 17.3. The van der Waals surface area contributed by atoms with Crippen LogP contribution in [0.4, 0.5) is 4.39 Å². The van der Waals surface area contributed by atoms with Crippen molar-refractivity contribution in [1.29, 1.82) is 0 Å². The van der Waals surface area contributed by atoms with Crippen LogP contribution >= 0.6 is 0 Å². The van der Waals surface area contributed by atoms with Gasteiger partial charge in [-0.05, 0) is 48.9 Å². The molecule has 0 atom stereocenters. The molecule has 0 aliphatic rings. The van der Waals surface area contributed by atoms with Crippen LogP contribution in [0.1, 0.15) is 11.3 Å². The van der Waals surface area contributed by atoms with E-state index in [9.17, 15) is 4.39 Å². The Labute approximate surface area is 179 Å². The van der Waals surface area contributed by atoms with Crippen molar-refractivity contribution in [2.24, 2.45) is 0 Å². The molecule has 0 saturated heterocycles. The zero-order valence-corrected chi connectivity index (χ0v) is 17.3. The molecule has 0 aliphatic carbocycles. The molecule has 0 spiro atoms. The first-order valence-corrected chi connectivity index (χ1v) is 10.00. The molecule has 2 aromatic carbocycles. The number of fused-ring (bicyclic) bond motifs is 1. The number of aromatic nitrogens is 4. The van der Waals surface area contributed by atoms with Crippen LogP contribution in [0, 0.1) is 12.7 Å². The van der Waals surface area contributed by atoms with Crippen molar-refractivity contribution in [1.82, 2.24) is 19.1 Å². The number of imidazole rings is 1. The van der Waals surface area contributed by atoms with E-state index in [1.54, 1.807) is 13.4 Å². The molecule has 0 N–H and O–H groups in total. The lowest BCUT2D eigenvalue weighted by atomic mass is 10.1. The first-order valence-electron chi connectivity index (χ1n) is 10.00. The van der Waals surface area contributed by atoms with Crippen molar-refractivity contribution in [3.8, 4) is 22.7 Å². The van der Waals surface area contributed by atoms with Gasteiger partial charge >= 0.3 is 0 Å². The SMILES string of the molecule is COc1cc(-c2nccc3c2ccn3Cc2ccc(F)cc2)ccc1-n1cnc(C)c1. The normalized spacial score (nSPS) is 11.2. The van der Waals surface area contributed by atoms with Crippen molar-refractivity contribution < 1.29 is 9.13 Å². The third-order valence-corrected chi connectivity index (χ3v) is 5.41. The molecule has 0 unspecified atom stereocenters. The Morgan fingerprint density at radius 1 is 1.00 bits per heavy atom. The fourth-order valence-electron chi connectivity index (χ4n) is 3.87. The monoisotopic (exact) mass is 412 g/mol. The number of hydrogen-bond donors (Lipinski definition) is 0. The minimum Gasteiger partial charge on any atom is -0.495 e. The molecule has 31 heavy (non-hydrogen) atoms. The second kappa shape index (κ2) is 7.72. The highest BCUT2D eigenvalue weighted by Crippen LogP contribution is 2.33. The van der Waals surface area contributed by atoms with Crippen LogP contribution in [0.3, 0.4) is 0 Å². The molecule has 5 aromatic rings. The van der Waals surface area contributed by atoms with Gasteiger partial charge in [0.15, 0.2) is 0 Å². The van der Waals surface area contributed by atoms with Crippen LogP contribution in [0.15, 0.2) is 79.5 Å². The van der Waals surface area contributed by atoms with Gasteiger partial charge in [-0.1, -0.05) is 18.2 Å². The van der Waals surface area contributed by atoms with Gasteiger partial charge in [0, 0.05) is 36.1 Å². The summed E-state index contributed by atoms with van der Waals surface area (Å²) in [4.78, 5) is 8.96. The van der Waals surface area contributed by atoms with Crippen molar-refractivity contribution in [3.05, 3.63) is 96.6 Å². The van der Waals surface area contributed by atoms with E-state index in [-0.39, 0.29) is 5.82 Å². The molecule has 0 aliphatic heterocycles. The highest BCUT2D eigenvalue weighted by molar-refractivity contribution is 5.93. The highest BCUT2D eigenvalue weighted by Gasteiger charge is 2.13. The molecule has 0 fully saturated rings. The summed E-state index contributed by atoms with van der Waals surface area (Å²) >= 11 is 0. The second-order valence-corrected chi connectivity index (χ2v) is 7.47. The summed E-state index contributed by atoms with van der Waals surface area (Å²) in [7, 11) is 1.67. The van der Waals surface area contributed by atoms with Crippen molar-refractivity contribution in [2.75, 3.05) is 7.11 Å². The smallest absolute Gasteiger partial charge is 0.143 e. The van der Waals surface area contributed by atoms with Gasteiger partial charge in [-0.25, -0.2) is 9.37 Å². The Bertz CT molecular complexity index is 1370. The number of nitrogens with zero attached hydrogens (tertiary/aromatic N) is 4. The summed E-state index contributed by atoms with van der Waals surface area (Å²) in [5.74, 6) is 0.523. The van der Waals surface area contributed by atoms with Gasteiger partial charge in [-0.15, -0.1) is 0 Å². The average molecular weight is 412 g/mol. The molecule has 5 rings (SSSR count). The Balaban J connectivity index is 1.54. The van der Waals surface area contributed by atoms with E-state index in [1.807, 2.05) is 66.5 Å². The number of benzene rings is 2. The maximum atomic E-state index is 13.2. The Kier molecular flexibility index (Phi) is 4.75. The molecular weight excluding hydrogens is 391 g/mol. The average Bonchev–Trinajstić information content (AvgIpc) is 3.41. The van der Waals surface area contributed by atoms with Crippen LogP contribution in [-0.4, -0.2) is 26.2 Å². The van der Waals surface area contributed by atoms with E-state index >= 15 is 0 Å². The minimum absolute atomic E-state index is 0.226.